The van der Waals surface area contributed by atoms with E-state index in [4.69, 9.17) is 5.73 Å². The number of hydrogen-bond acceptors (Lipinski definition) is 8. The number of carbonyl (C=O) groups is 4. The van der Waals surface area contributed by atoms with Crippen LogP contribution in [0, 0.1) is 22.0 Å². The first kappa shape index (κ1) is 27.1. The summed E-state index contributed by atoms with van der Waals surface area (Å²) in [5, 5.41) is 27.4. The Morgan fingerprint density at radius 3 is 2.42 bits per heavy atom. The van der Waals surface area contributed by atoms with Crippen molar-refractivity contribution in [2.24, 2.45) is 17.6 Å². The minimum absolute atomic E-state index is 0.0106. The van der Waals surface area contributed by atoms with E-state index >= 15 is 0 Å². The molecule has 4 unspecified atom stereocenters. The van der Waals surface area contributed by atoms with E-state index < -0.39 is 52.2 Å². The first-order valence-corrected chi connectivity index (χ1v) is 13.2. The molecule has 13 heteroatoms. The van der Waals surface area contributed by atoms with Crippen molar-refractivity contribution >= 4 is 40.9 Å². The lowest BCUT2D eigenvalue weighted by Crippen LogP contribution is -2.56. The zero-order valence-electron chi connectivity index (χ0n) is 21.6. The number of primary amides is 1. The van der Waals surface area contributed by atoms with E-state index in [1.54, 1.807) is 0 Å². The van der Waals surface area contributed by atoms with Crippen LogP contribution in [0.3, 0.4) is 0 Å². The first-order chi connectivity index (χ1) is 19.1. The molecule has 210 valence electrons. The molecule has 3 aliphatic heterocycles. The molecule has 4 atom stereocenters. The number of nitro benzene ring substituents is 1. The Hall–Kier alpha value is -4.52. The maximum atomic E-state index is 13.9. The molecule has 13 nitrogen and oxygen atoms in total. The lowest BCUT2D eigenvalue weighted by atomic mass is 9.77. The Bertz CT molecular complexity index is 1360. The van der Waals surface area contributed by atoms with Gasteiger partial charge < -0.3 is 21.1 Å². The Balaban J connectivity index is 1.54. The normalized spacial score (nSPS) is 25.8. The molecule has 2 aromatic rings. The minimum atomic E-state index is -1.83. The summed E-state index contributed by atoms with van der Waals surface area (Å²) >= 11 is 0. The fourth-order valence-corrected chi connectivity index (χ4v) is 6.27. The molecule has 5 N–H and O–H groups in total. The maximum Gasteiger partial charge on any atom is 0.324 e. The van der Waals surface area contributed by atoms with Gasteiger partial charge in [0.05, 0.1) is 22.4 Å². The van der Waals surface area contributed by atoms with Gasteiger partial charge in [-0.1, -0.05) is 18.2 Å². The van der Waals surface area contributed by atoms with Crippen molar-refractivity contribution in [1.29, 1.82) is 0 Å². The molecule has 0 spiro atoms. The Morgan fingerprint density at radius 2 is 1.80 bits per heavy atom. The second-order valence-electron chi connectivity index (χ2n) is 10.4. The number of carboxylic acids is 1. The second-order valence-corrected chi connectivity index (χ2v) is 10.4. The highest BCUT2D eigenvalue weighted by Crippen LogP contribution is 2.51. The van der Waals surface area contributed by atoms with Gasteiger partial charge in [-0.3, -0.25) is 29.8 Å². The third-order valence-corrected chi connectivity index (χ3v) is 8.11. The number of amides is 4. The van der Waals surface area contributed by atoms with E-state index in [1.165, 1.54) is 18.2 Å². The molecule has 0 bridgehead atoms. The summed E-state index contributed by atoms with van der Waals surface area (Å²) in [4.78, 5) is 65.6. The Kier molecular flexibility index (Phi) is 7.15. The average molecular weight is 551 g/mol. The summed E-state index contributed by atoms with van der Waals surface area (Å²) in [6.45, 7) is 1.96. The number of hydrogen-bond donors (Lipinski definition) is 4. The van der Waals surface area contributed by atoms with Gasteiger partial charge in [0.25, 0.3) is 5.69 Å². The number of nitrogens with one attached hydrogen (secondary N) is 2. The van der Waals surface area contributed by atoms with Gasteiger partial charge in [-0.15, -0.1) is 0 Å². The van der Waals surface area contributed by atoms with E-state index in [1.807, 2.05) is 24.3 Å². The molecule has 0 radical (unpaired) electrons. The predicted molar refractivity (Wildman–Crippen MR) is 144 cm³/mol. The fraction of sp³-hybridized carbons (Fsp3) is 0.407. The summed E-state index contributed by atoms with van der Waals surface area (Å²) in [7, 11) is 0. The number of imide groups is 1. The molecular weight excluding hydrogens is 520 g/mol. The highest BCUT2D eigenvalue weighted by molar-refractivity contribution is 6.24. The van der Waals surface area contributed by atoms with Gasteiger partial charge in [0.2, 0.25) is 11.8 Å². The van der Waals surface area contributed by atoms with E-state index in [9.17, 15) is 34.4 Å². The number of rotatable bonds is 9. The number of carboxylic acid groups (broad SMARTS) is 1. The number of benzene rings is 2. The SMILES string of the molecule is NC(=O)NCCCC1(C(=O)O)NC(c2ccc(N3CCCC3)cc2)C2C(=O)N(c3cccc([N+](=O)[O-])c3)C(=O)C21. The van der Waals surface area contributed by atoms with Crippen LogP contribution in [0.4, 0.5) is 21.9 Å². The zero-order valence-corrected chi connectivity index (χ0v) is 21.6. The van der Waals surface area contributed by atoms with Crippen LogP contribution < -0.4 is 26.2 Å². The van der Waals surface area contributed by atoms with E-state index in [0.717, 1.165) is 42.6 Å². The fourth-order valence-electron chi connectivity index (χ4n) is 6.27. The zero-order chi connectivity index (χ0) is 28.6. The number of nitro groups is 1. The van der Waals surface area contributed by atoms with Crippen molar-refractivity contribution in [3.05, 3.63) is 64.2 Å². The third-order valence-electron chi connectivity index (χ3n) is 8.11. The molecule has 4 amide bonds. The number of anilines is 2. The topological polar surface area (TPSA) is 188 Å². The van der Waals surface area contributed by atoms with Crippen LogP contribution >= 0.6 is 0 Å². The van der Waals surface area contributed by atoms with Crippen LogP contribution in [0.2, 0.25) is 0 Å². The number of fused-ring (bicyclic) bond motifs is 1. The van der Waals surface area contributed by atoms with E-state index in [0.29, 0.717) is 5.56 Å². The molecule has 3 saturated heterocycles. The molecular formula is C27H30N6O7. The van der Waals surface area contributed by atoms with Crippen LogP contribution in [0.5, 0.6) is 0 Å². The van der Waals surface area contributed by atoms with Crippen molar-refractivity contribution in [2.75, 3.05) is 29.4 Å². The monoisotopic (exact) mass is 550 g/mol. The molecule has 3 aliphatic rings. The quantitative estimate of drug-likeness (QED) is 0.156. The molecule has 0 aliphatic carbocycles. The molecule has 0 aromatic heterocycles. The molecule has 3 fully saturated rings. The number of urea groups is 1. The van der Waals surface area contributed by atoms with Crippen molar-refractivity contribution < 1.29 is 29.2 Å². The number of nitrogens with two attached hydrogens (primary N) is 1. The highest BCUT2D eigenvalue weighted by atomic mass is 16.6. The smallest absolute Gasteiger partial charge is 0.324 e. The number of nitrogens with zero attached hydrogens (tertiary/aromatic N) is 3. The van der Waals surface area contributed by atoms with Crippen molar-refractivity contribution in [3.63, 3.8) is 0 Å². The van der Waals surface area contributed by atoms with Gasteiger partial charge in [-0.2, -0.15) is 0 Å². The standard InChI is InChI=1S/C27H30N6O7/c28-26(38)29-12-4-11-27(25(36)37)21-20(22(30-27)16-7-9-17(10-8-16)31-13-1-2-14-31)23(34)32(24(21)35)18-5-3-6-19(15-18)33(39)40/h3,5-10,15,20-22,30H,1-2,4,11-14H2,(H,36,37)(H3,28,29,38). The molecule has 0 saturated carbocycles. The van der Waals surface area contributed by atoms with Crippen LogP contribution in [-0.2, 0) is 14.4 Å². The number of non-ortho nitro benzene ring substituents is 1. The third kappa shape index (κ3) is 4.62. The van der Waals surface area contributed by atoms with Crippen molar-refractivity contribution in [2.45, 2.75) is 37.3 Å². The van der Waals surface area contributed by atoms with Gasteiger partial charge in [0, 0.05) is 43.5 Å². The van der Waals surface area contributed by atoms with Gasteiger partial charge >= 0.3 is 12.0 Å². The first-order valence-electron chi connectivity index (χ1n) is 13.2. The lowest BCUT2D eigenvalue weighted by Gasteiger charge is -2.31. The summed E-state index contributed by atoms with van der Waals surface area (Å²) in [6, 6.07) is 11.1. The van der Waals surface area contributed by atoms with Crippen LogP contribution in [0.1, 0.15) is 37.3 Å². The Labute approximate surface area is 229 Å². The molecule has 40 heavy (non-hydrogen) atoms. The highest BCUT2D eigenvalue weighted by Gasteiger charge is 2.68. The second kappa shape index (κ2) is 10.6. The maximum absolute atomic E-state index is 13.9. The summed E-state index contributed by atoms with van der Waals surface area (Å²) in [5.41, 5.74) is 4.69. The molecule has 2 aromatic carbocycles. The molecule has 3 heterocycles. The van der Waals surface area contributed by atoms with Crippen molar-refractivity contribution in [3.8, 4) is 0 Å². The summed E-state index contributed by atoms with van der Waals surface area (Å²) < 4.78 is 0. The van der Waals surface area contributed by atoms with Crippen molar-refractivity contribution in [1.82, 2.24) is 10.6 Å². The summed E-state index contributed by atoms with van der Waals surface area (Å²) in [5.74, 6) is -5.03. The lowest BCUT2D eigenvalue weighted by molar-refractivity contribution is -0.384. The minimum Gasteiger partial charge on any atom is -0.480 e. The van der Waals surface area contributed by atoms with Gasteiger partial charge in [0.1, 0.15) is 5.54 Å². The largest absolute Gasteiger partial charge is 0.480 e. The van der Waals surface area contributed by atoms with E-state index in [-0.39, 0.29) is 30.8 Å². The number of carbonyl (C=O) groups excluding carboxylic acids is 3. The molecule has 5 rings (SSSR count). The van der Waals surface area contributed by atoms with Gasteiger partial charge in [-0.25, -0.2) is 9.69 Å². The van der Waals surface area contributed by atoms with Gasteiger partial charge in [0.15, 0.2) is 0 Å². The van der Waals surface area contributed by atoms with Crippen LogP contribution in [0.15, 0.2) is 48.5 Å². The number of aliphatic carboxylic acids is 1. The summed E-state index contributed by atoms with van der Waals surface area (Å²) in [6.07, 6.45) is 2.30. The van der Waals surface area contributed by atoms with Gasteiger partial charge in [-0.05, 0) is 49.4 Å². The van der Waals surface area contributed by atoms with Crippen LogP contribution in [-0.4, -0.2) is 59.0 Å². The average Bonchev–Trinajstić information content (AvgIpc) is 3.64. The Morgan fingerprint density at radius 1 is 1.10 bits per heavy atom. The van der Waals surface area contributed by atoms with E-state index in [2.05, 4.69) is 15.5 Å². The van der Waals surface area contributed by atoms with Crippen LogP contribution in [0.25, 0.3) is 0 Å². The predicted octanol–water partition coefficient (Wildman–Crippen LogP) is 1.92.